The van der Waals surface area contributed by atoms with E-state index < -0.39 is 0 Å². The lowest BCUT2D eigenvalue weighted by molar-refractivity contribution is 0.727. The summed E-state index contributed by atoms with van der Waals surface area (Å²) < 4.78 is 0. The molecule has 0 atom stereocenters. The second kappa shape index (κ2) is 5.65. The van der Waals surface area contributed by atoms with E-state index >= 15 is 0 Å². The third-order valence-corrected chi connectivity index (χ3v) is 2.86. The van der Waals surface area contributed by atoms with E-state index in [4.69, 9.17) is 0 Å². The zero-order chi connectivity index (χ0) is 12.1. The van der Waals surface area contributed by atoms with Gasteiger partial charge in [-0.2, -0.15) is 0 Å². The van der Waals surface area contributed by atoms with Crippen LogP contribution < -0.4 is 5.32 Å². The van der Waals surface area contributed by atoms with E-state index in [1.54, 1.807) is 0 Å². The molecule has 0 saturated carbocycles. The fourth-order valence-electron chi connectivity index (χ4n) is 1.95. The van der Waals surface area contributed by atoms with Gasteiger partial charge in [-0.3, -0.25) is 0 Å². The topological polar surface area (TPSA) is 12.0 Å². The highest BCUT2D eigenvalue weighted by Crippen LogP contribution is 2.21. The summed E-state index contributed by atoms with van der Waals surface area (Å²) in [7, 11) is 0. The zero-order valence-electron chi connectivity index (χ0n) is 10.5. The number of rotatable bonds is 4. The molecule has 0 aliphatic heterocycles. The van der Waals surface area contributed by atoms with Crippen LogP contribution in [-0.2, 0) is 6.54 Å². The van der Waals surface area contributed by atoms with Crippen molar-refractivity contribution in [1.82, 2.24) is 5.32 Å². The van der Waals surface area contributed by atoms with E-state index in [-0.39, 0.29) is 0 Å². The third-order valence-electron chi connectivity index (χ3n) is 2.86. The van der Waals surface area contributed by atoms with Crippen molar-refractivity contribution in [3.8, 4) is 11.1 Å². The smallest absolute Gasteiger partial charge is 0.0205 e. The van der Waals surface area contributed by atoms with Crippen LogP contribution in [0.1, 0.15) is 18.1 Å². The second-order valence-corrected chi connectivity index (χ2v) is 4.35. The monoisotopic (exact) mass is 225 g/mol. The molecule has 17 heavy (non-hydrogen) atoms. The number of hydrogen-bond donors (Lipinski definition) is 1. The Morgan fingerprint density at radius 3 is 2.35 bits per heavy atom. The molecule has 0 fully saturated rings. The molecular weight excluding hydrogens is 206 g/mol. The highest BCUT2D eigenvalue weighted by Gasteiger charge is 1.99. The lowest BCUT2D eigenvalue weighted by Gasteiger charge is -2.06. The Hall–Kier alpha value is -1.60. The van der Waals surface area contributed by atoms with Gasteiger partial charge in [0.1, 0.15) is 0 Å². The van der Waals surface area contributed by atoms with Gasteiger partial charge in [-0.15, -0.1) is 0 Å². The molecule has 2 aromatic rings. The minimum absolute atomic E-state index is 0.941. The average Bonchev–Trinajstić information content (AvgIpc) is 2.37. The minimum Gasteiger partial charge on any atom is -0.313 e. The molecule has 0 aromatic heterocycles. The molecule has 0 saturated heterocycles. The molecule has 2 rings (SSSR count). The molecule has 88 valence electrons. The molecule has 0 aliphatic carbocycles. The van der Waals surface area contributed by atoms with E-state index in [2.05, 4.69) is 67.7 Å². The van der Waals surface area contributed by atoms with E-state index in [1.165, 1.54) is 22.3 Å². The van der Waals surface area contributed by atoms with Crippen LogP contribution in [-0.4, -0.2) is 6.54 Å². The average molecular weight is 225 g/mol. The van der Waals surface area contributed by atoms with E-state index in [0.29, 0.717) is 0 Å². The first kappa shape index (κ1) is 11.9. The molecule has 0 unspecified atom stereocenters. The normalized spacial score (nSPS) is 10.5. The van der Waals surface area contributed by atoms with Gasteiger partial charge in [0.25, 0.3) is 0 Å². The highest BCUT2D eigenvalue weighted by molar-refractivity contribution is 5.64. The van der Waals surface area contributed by atoms with Crippen molar-refractivity contribution in [2.75, 3.05) is 6.54 Å². The quantitative estimate of drug-likeness (QED) is 0.835. The SMILES string of the molecule is CCNCc1cccc(-c2cccc(C)c2)c1. The summed E-state index contributed by atoms with van der Waals surface area (Å²) in [6, 6.07) is 17.4. The Morgan fingerprint density at radius 1 is 0.941 bits per heavy atom. The standard InChI is InChI=1S/C16H19N/c1-3-17-12-14-7-5-9-16(11-14)15-8-4-6-13(2)10-15/h4-11,17H,3,12H2,1-2H3. The number of hydrogen-bond acceptors (Lipinski definition) is 1. The van der Waals surface area contributed by atoms with Crippen molar-refractivity contribution < 1.29 is 0 Å². The van der Waals surface area contributed by atoms with Crippen molar-refractivity contribution >= 4 is 0 Å². The minimum atomic E-state index is 0.941. The predicted octanol–water partition coefficient (Wildman–Crippen LogP) is 3.77. The van der Waals surface area contributed by atoms with Crippen LogP contribution in [0, 0.1) is 6.92 Å². The molecule has 1 heteroatoms. The van der Waals surface area contributed by atoms with Crippen molar-refractivity contribution in [2.45, 2.75) is 20.4 Å². The molecule has 0 bridgehead atoms. The first-order chi connectivity index (χ1) is 8.29. The number of aryl methyl sites for hydroxylation is 1. The second-order valence-electron chi connectivity index (χ2n) is 4.35. The maximum absolute atomic E-state index is 3.35. The van der Waals surface area contributed by atoms with Gasteiger partial charge in [0.2, 0.25) is 0 Å². The van der Waals surface area contributed by atoms with Crippen molar-refractivity contribution in [3.63, 3.8) is 0 Å². The zero-order valence-corrected chi connectivity index (χ0v) is 10.5. The van der Waals surface area contributed by atoms with Crippen LogP contribution in [0.4, 0.5) is 0 Å². The summed E-state index contributed by atoms with van der Waals surface area (Å²) in [4.78, 5) is 0. The summed E-state index contributed by atoms with van der Waals surface area (Å²) in [6.45, 7) is 6.21. The number of nitrogens with one attached hydrogen (secondary N) is 1. The van der Waals surface area contributed by atoms with Crippen LogP contribution in [0.3, 0.4) is 0 Å². The van der Waals surface area contributed by atoms with Crippen molar-refractivity contribution in [3.05, 3.63) is 59.7 Å². The van der Waals surface area contributed by atoms with Gasteiger partial charge < -0.3 is 5.32 Å². The molecule has 1 nitrogen and oxygen atoms in total. The van der Waals surface area contributed by atoms with E-state index in [1.807, 2.05) is 0 Å². The Balaban J connectivity index is 2.26. The Labute approximate surface area is 103 Å². The maximum Gasteiger partial charge on any atom is 0.0205 e. The van der Waals surface area contributed by atoms with Crippen molar-refractivity contribution in [1.29, 1.82) is 0 Å². The maximum atomic E-state index is 3.35. The number of benzene rings is 2. The Bertz CT molecular complexity index is 488. The first-order valence-electron chi connectivity index (χ1n) is 6.16. The molecule has 0 radical (unpaired) electrons. The lowest BCUT2D eigenvalue weighted by atomic mass is 10.0. The van der Waals surface area contributed by atoms with Crippen LogP contribution in [0.25, 0.3) is 11.1 Å². The fourth-order valence-corrected chi connectivity index (χ4v) is 1.95. The fraction of sp³-hybridized carbons (Fsp3) is 0.250. The molecular formula is C16H19N. The summed E-state index contributed by atoms with van der Waals surface area (Å²) in [5.74, 6) is 0. The summed E-state index contributed by atoms with van der Waals surface area (Å²) in [5.41, 5.74) is 5.23. The van der Waals surface area contributed by atoms with Gasteiger partial charge >= 0.3 is 0 Å². The van der Waals surface area contributed by atoms with Gasteiger partial charge in [-0.25, -0.2) is 0 Å². The van der Waals surface area contributed by atoms with Crippen LogP contribution >= 0.6 is 0 Å². The summed E-state index contributed by atoms with van der Waals surface area (Å²) in [5, 5.41) is 3.35. The molecule has 0 aliphatic rings. The largest absolute Gasteiger partial charge is 0.313 e. The molecule has 2 aromatic carbocycles. The molecule has 0 spiro atoms. The lowest BCUT2D eigenvalue weighted by Crippen LogP contribution is -2.11. The predicted molar refractivity (Wildman–Crippen MR) is 74.0 cm³/mol. The molecule has 1 N–H and O–H groups in total. The Kier molecular flexibility index (Phi) is 3.94. The summed E-state index contributed by atoms with van der Waals surface area (Å²) in [6.07, 6.45) is 0. The van der Waals surface area contributed by atoms with Gasteiger partial charge in [0, 0.05) is 6.54 Å². The van der Waals surface area contributed by atoms with E-state index in [9.17, 15) is 0 Å². The van der Waals surface area contributed by atoms with Gasteiger partial charge in [-0.05, 0) is 36.2 Å². The van der Waals surface area contributed by atoms with Crippen LogP contribution in [0.5, 0.6) is 0 Å². The molecule has 0 heterocycles. The highest BCUT2D eigenvalue weighted by atomic mass is 14.8. The van der Waals surface area contributed by atoms with Gasteiger partial charge in [-0.1, -0.05) is 55.0 Å². The van der Waals surface area contributed by atoms with Gasteiger partial charge in [0.15, 0.2) is 0 Å². The molecule has 0 amide bonds. The van der Waals surface area contributed by atoms with Crippen molar-refractivity contribution in [2.24, 2.45) is 0 Å². The van der Waals surface area contributed by atoms with E-state index in [0.717, 1.165) is 13.1 Å². The Morgan fingerprint density at radius 2 is 1.65 bits per heavy atom. The summed E-state index contributed by atoms with van der Waals surface area (Å²) >= 11 is 0. The van der Waals surface area contributed by atoms with Gasteiger partial charge in [0.05, 0.1) is 0 Å². The first-order valence-corrected chi connectivity index (χ1v) is 6.16. The third kappa shape index (κ3) is 3.18. The van der Waals surface area contributed by atoms with Crippen LogP contribution in [0.2, 0.25) is 0 Å². The van der Waals surface area contributed by atoms with Crippen LogP contribution in [0.15, 0.2) is 48.5 Å².